The largest absolute Gasteiger partial charge is 0.489 e. The summed E-state index contributed by atoms with van der Waals surface area (Å²) in [6, 6.07) is 8.90. The van der Waals surface area contributed by atoms with Crippen LogP contribution in [0.5, 0.6) is 0 Å². The van der Waals surface area contributed by atoms with Crippen LogP contribution < -0.4 is 5.63 Å². The Morgan fingerprint density at radius 3 is 2.88 bits per heavy atom. The highest BCUT2D eigenvalue weighted by molar-refractivity contribution is 5.89. The smallest absolute Gasteiger partial charge is 0.336 e. The number of para-hydroxylation sites is 1. The van der Waals surface area contributed by atoms with E-state index in [0.29, 0.717) is 17.9 Å². The highest BCUT2D eigenvalue weighted by atomic mass is 16.5. The molecule has 3 nitrogen and oxygen atoms in total. The zero-order chi connectivity index (χ0) is 11.7. The second-order valence-corrected chi connectivity index (χ2v) is 3.75. The van der Waals surface area contributed by atoms with Gasteiger partial charge in [-0.3, -0.25) is 0 Å². The lowest BCUT2D eigenvalue weighted by Crippen LogP contribution is -2.03. The lowest BCUT2D eigenvalue weighted by atomic mass is 10.1. The third-order valence-electron chi connectivity index (χ3n) is 2.63. The van der Waals surface area contributed by atoms with E-state index in [2.05, 4.69) is 0 Å². The van der Waals surface area contributed by atoms with Crippen LogP contribution in [0.25, 0.3) is 16.7 Å². The molecule has 3 heteroatoms. The minimum Gasteiger partial charge on any atom is -0.489 e. The Morgan fingerprint density at radius 2 is 2.06 bits per heavy atom. The molecule has 2 aromatic rings. The van der Waals surface area contributed by atoms with E-state index in [4.69, 9.17) is 9.15 Å². The molecule has 0 saturated carbocycles. The van der Waals surface area contributed by atoms with Crippen molar-refractivity contribution in [2.24, 2.45) is 0 Å². The second-order valence-electron chi connectivity index (χ2n) is 3.75. The molecule has 0 N–H and O–H groups in total. The van der Waals surface area contributed by atoms with Gasteiger partial charge in [0.05, 0.1) is 0 Å². The van der Waals surface area contributed by atoms with E-state index in [1.165, 1.54) is 6.07 Å². The third kappa shape index (κ3) is 1.76. The van der Waals surface area contributed by atoms with E-state index in [9.17, 15) is 4.79 Å². The van der Waals surface area contributed by atoms with E-state index >= 15 is 0 Å². The van der Waals surface area contributed by atoms with Crippen molar-refractivity contribution in [3.05, 3.63) is 64.5 Å². The monoisotopic (exact) mass is 226 g/mol. The average Bonchev–Trinajstić information content (AvgIpc) is 2.39. The SMILES string of the molecule is O=c1cc(C2=CC=CCO2)c2ccccc2o1. The van der Waals surface area contributed by atoms with Crippen molar-refractivity contribution in [3.8, 4) is 0 Å². The van der Waals surface area contributed by atoms with Gasteiger partial charge in [0.1, 0.15) is 17.9 Å². The quantitative estimate of drug-likeness (QED) is 0.702. The molecule has 1 aromatic carbocycles. The Hall–Kier alpha value is -2.29. The van der Waals surface area contributed by atoms with E-state index in [1.807, 2.05) is 36.4 Å². The lowest BCUT2D eigenvalue weighted by molar-refractivity contribution is 0.316. The Kier molecular flexibility index (Phi) is 2.29. The third-order valence-corrected chi connectivity index (χ3v) is 2.63. The molecule has 0 aliphatic carbocycles. The zero-order valence-electron chi connectivity index (χ0n) is 9.05. The van der Waals surface area contributed by atoms with Crippen LogP contribution in [-0.4, -0.2) is 6.61 Å². The molecule has 1 aromatic heterocycles. The van der Waals surface area contributed by atoms with Gasteiger partial charge in [0.25, 0.3) is 0 Å². The summed E-state index contributed by atoms with van der Waals surface area (Å²) < 4.78 is 10.7. The van der Waals surface area contributed by atoms with Gasteiger partial charge in [-0.05, 0) is 18.2 Å². The number of rotatable bonds is 1. The van der Waals surface area contributed by atoms with Crippen LogP contribution in [0, 0.1) is 0 Å². The average molecular weight is 226 g/mol. The predicted molar refractivity (Wildman–Crippen MR) is 65.6 cm³/mol. The van der Waals surface area contributed by atoms with Gasteiger partial charge in [-0.25, -0.2) is 4.79 Å². The minimum atomic E-state index is -0.363. The molecule has 0 amide bonds. The first kappa shape index (κ1) is 9.90. The van der Waals surface area contributed by atoms with Crippen molar-refractivity contribution in [3.63, 3.8) is 0 Å². The van der Waals surface area contributed by atoms with E-state index in [1.54, 1.807) is 6.07 Å². The van der Waals surface area contributed by atoms with Crippen LogP contribution >= 0.6 is 0 Å². The molecule has 3 rings (SSSR count). The first-order valence-corrected chi connectivity index (χ1v) is 5.37. The number of fused-ring (bicyclic) bond motifs is 1. The van der Waals surface area contributed by atoms with Crippen molar-refractivity contribution in [1.82, 2.24) is 0 Å². The number of benzene rings is 1. The number of ether oxygens (including phenoxy) is 1. The molecule has 0 atom stereocenters. The highest BCUT2D eigenvalue weighted by Crippen LogP contribution is 2.25. The first-order valence-electron chi connectivity index (χ1n) is 5.37. The molecular formula is C14H10O3. The summed E-state index contributed by atoms with van der Waals surface area (Å²) in [7, 11) is 0. The molecule has 0 saturated heterocycles. The normalized spacial score (nSPS) is 14.5. The van der Waals surface area contributed by atoms with Crippen LogP contribution in [0.4, 0.5) is 0 Å². The van der Waals surface area contributed by atoms with Crippen LogP contribution in [0.3, 0.4) is 0 Å². The molecule has 0 spiro atoms. The van der Waals surface area contributed by atoms with Crippen LogP contribution in [-0.2, 0) is 4.74 Å². The molecule has 1 aliphatic heterocycles. The summed E-state index contributed by atoms with van der Waals surface area (Å²) >= 11 is 0. The Labute approximate surface area is 97.6 Å². The van der Waals surface area contributed by atoms with Crippen molar-refractivity contribution >= 4 is 16.7 Å². The van der Waals surface area contributed by atoms with Gasteiger partial charge in [0.15, 0.2) is 0 Å². The van der Waals surface area contributed by atoms with Gasteiger partial charge in [-0.1, -0.05) is 24.3 Å². The molecule has 0 fully saturated rings. The van der Waals surface area contributed by atoms with Gasteiger partial charge in [-0.15, -0.1) is 0 Å². The van der Waals surface area contributed by atoms with Crippen molar-refractivity contribution in [2.75, 3.05) is 6.61 Å². The summed E-state index contributed by atoms with van der Waals surface area (Å²) in [5.74, 6) is 0.705. The van der Waals surface area contributed by atoms with E-state index in [0.717, 1.165) is 10.9 Å². The van der Waals surface area contributed by atoms with E-state index < -0.39 is 0 Å². The predicted octanol–water partition coefficient (Wildman–Crippen LogP) is 2.72. The maximum Gasteiger partial charge on any atom is 0.336 e. The topological polar surface area (TPSA) is 39.4 Å². The first-order chi connectivity index (χ1) is 8.34. The van der Waals surface area contributed by atoms with Gasteiger partial charge < -0.3 is 9.15 Å². The fourth-order valence-corrected chi connectivity index (χ4v) is 1.88. The summed E-state index contributed by atoms with van der Waals surface area (Å²) in [6.07, 6.45) is 5.68. The maximum absolute atomic E-state index is 11.5. The molecular weight excluding hydrogens is 216 g/mol. The fourth-order valence-electron chi connectivity index (χ4n) is 1.88. The maximum atomic E-state index is 11.5. The molecule has 0 unspecified atom stereocenters. The van der Waals surface area contributed by atoms with Crippen molar-refractivity contribution < 1.29 is 9.15 Å². The van der Waals surface area contributed by atoms with Crippen LogP contribution in [0.1, 0.15) is 5.56 Å². The minimum absolute atomic E-state index is 0.363. The molecule has 1 aliphatic rings. The summed E-state index contributed by atoms with van der Waals surface area (Å²) in [4.78, 5) is 11.5. The molecule has 2 heterocycles. The van der Waals surface area contributed by atoms with Gasteiger partial charge in [0, 0.05) is 17.0 Å². The Bertz CT molecular complexity index is 677. The standard InChI is InChI=1S/C14H10O3/c15-14-9-11(12-6-3-4-8-16-12)10-5-1-2-7-13(10)17-14/h1-7,9H,8H2. The number of allylic oxidation sites excluding steroid dienone is 2. The lowest BCUT2D eigenvalue weighted by Gasteiger charge is -2.12. The van der Waals surface area contributed by atoms with Crippen molar-refractivity contribution in [2.45, 2.75) is 0 Å². The second kappa shape index (κ2) is 3.94. The molecule has 17 heavy (non-hydrogen) atoms. The zero-order valence-corrected chi connectivity index (χ0v) is 9.05. The fraction of sp³-hybridized carbons (Fsp3) is 0.0714. The summed E-state index contributed by atoms with van der Waals surface area (Å²) in [6.45, 7) is 0.528. The Morgan fingerprint density at radius 1 is 1.18 bits per heavy atom. The molecule has 0 bridgehead atoms. The molecule has 0 radical (unpaired) electrons. The van der Waals surface area contributed by atoms with Crippen molar-refractivity contribution in [1.29, 1.82) is 0 Å². The summed E-state index contributed by atoms with van der Waals surface area (Å²) in [5.41, 5.74) is 0.994. The summed E-state index contributed by atoms with van der Waals surface area (Å²) in [5, 5.41) is 0.883. The van der Waals surface area contributed by atoms with Crippen LogP contribution in [0.15, 0.2) is 57.8 Å². The number of hydrogen-bond donors (Lipinski definition) is 0. The number of hydrogen-bond acceptors (Lipinski definition) is 3. The molecule has 84 valence electrons. The highest BCUT2D eigenvalue weighted by Gasteiger charge is 2.11. The van der Waals surface area contributed by atoms with Gasteiger partial charge in [0.2, 0.25) is 0 Å². The van der Waals surface area contributed by atoms with Gasteiger partial charge in [-0.2, -0.15) is 0 Å². The van der Waals surface area contributed by atoms with Gasteiger partial charge >= 0.3 is 5.63 Å². The van der Waals surface area contributed by atoms with Crippen LogP contribution in [0.2, 0.25) is 0 Å². The Balaban J connectivity index is 2.31. The van der Waals surface area contributed by atoms with E-state index in [-0.39, 0.29) is 5.63 Å².